The van der Waals surface area contributed by atoms with Gasteiger partial charge in [0, 0.05) is 19.2 Å². The van der Waals surface area contributed by atoms with Crippen molar-refractivity contribution in [3.8, 4) is 0 Å². The number of aromatic carboxylic acids is 2. The van der Waals surface area contributed by atoms with Gasteiger partial charge in [0.1, 0.15) is 0 Å². The van der Waals surface area contributed by atoms with Crippen LogP contribution < -0.4 is 4.90 Å². The van der Waals surface area contributed by atoms with Crippen molar-refractivity contribution in [3.63, 3.8) is 0 Å². The van der Waals surface area contributed by atoms with Gasteiger partial charge in [-0.05, 0) is 18.2 Å². The maximum atomic E-state index is 11.7. The maximum absolute atomic E-state index is 11.7. The van der Waals surface area contributed by atoms with Crippen molar-refractivity contribution < 1.29 is 34.5 Å². The second-order valence-corrected chi connectivity index (χ2v) is 4.75. The Morgan fingerprint density at radius 2 is 1.45 bits per heavy atom. The molecule has 0 aliphatic carbocycles. The molecular weight excluding hydrogens is 294 g/mol. The van der Waals surface area contributed by atoms with Gasteiger partial charge >= 0.3 is 17.9 Å². The topological polar surface area (TPSA) is 132 Å². The predicted octanol–water partition coefficient (Wildman–Crippen LogP) is 1.16. The number of hydrogen-bond donors (Lipinski definition) is 3. The summed E-state index contributed by atoms with van der Waals surface area (Å²) < 4.78 is 0. The van der Waals surface area contributed by atoms with Crippen molar-refractivity contribution in [3.05, 3.63) is 29.3 Å². The summed E-state index contributed by atoms with van der Waals surface area (Å²) in [6, 6.07) is 3.22. The molecule has 0 heterocycles. The Morgan fingerprint density at radius 1 is 1.00 bits per heavy atom. The summed E-state index contributed by atoms with van der Waals surface area (Å²) in [5.74, 6) is -5.24. The molecule has 0 bridgehead atoms. The van der Waals surface area contributed by atoms with Crippen LogP contribution in [0.25, 0.3) is 0 Å². The van der Waals surface area contributed by atoms with E-state index in [4.69, 9.17) is 15.3 Å². The zero-order valence-corrected chi connectivity index (χ0v) is 11.9. The first kappa shape index (κ1) is 17.2. The number of carbonyl (C=O) groups is 4. The molecule has 0 fully saturated rings. The molecule has 1 unspecified atom stereocenters. The number of rotatable bonds is 6. The zero-order valence-electron chi connectivity index (χ0n) is 11.9. The van der Waals surface area contributed by atoms with Crippen LogP contribution >= 0.6 is 0 Å². The molecule has 0 radical (unpaired) electrons. The highest BCUT2D eigenvalue weighted by Crippen LogP contribution is 2.21. The second kappa shape index (κ2) is 6.70. The molecule has 3 N–H and O–H groups in total. The van der Waals surface area contributed by atoms with Crippen molar-refractivity contribution in [1.29, 1.82) is 0 Å². The lowest BCUT2D eigenvalue weighted by Crippen LogP contribution is -2.35. The van der Waals surface area contributed by atoms with Gasteiger partial charge in [-0.25, -0.2) is 9.59 Å². The number of carboxylic acids is 3. The standard InChI is InChI=1S/C14H15NO7/c1-7(12(17)18)6-15(8(2)16)11-4-9(13(19)20)3-10(5-11)14(21)22/h3-5,7H,6H2,1-2H3,(H,17,18)(H,19,20)(H,21,22). The monoisotopic (exact) mass is 309 g/mol. The molecule has 1 aromatic carbocycles. The number of carboxylic acid groups (broad SMARTS) is 3. The Balaban J connectivity index is 3.35. The molecule has 8 heteroatoms. The van der Waals surface area contributed by atoms with E-state index in [1.807, 2.05) is 0 Å². The molecule has 1 rings (SSSR count). The fourth-order valence-electron chi connectivity index (χ4n) is 1.78. The smallest absolute Gasteiger partial charge is 0.335 e. The van der Waals surface area contributed by atoms with E-state index < -0.39 is 29.7 Å². The van der Waals surface area contributed by atoms with Crippen LogP contribution in [0.1, 0.15) is 34.6 Å². The van der Waals surface area contributed by atoms with Crippen LogP contribution in [0.2, 0.25) is 0 Å². The minimum Gasteiger partial charge on any atom is -0.481 e. The number of amides is 1. The minimum atomic E-state index is -1.35. The summed E-state index contributed by atoms with van der Waals surface area (Å²) in [7, 11) is 0. The van der Waals surface area contributed by atoms with Gasteiger partial charge in [-0.3, -0.25) is 9.59 Å². The molecule has 1 amide bonds. The van der Waals surface area contributed by atoms with Gasteiger partial charge in [0.2, 0.25) is 5.91 Å². The van der Waals surface area contributed by atoms with Gasteiger partial charge in [-0.15, -0.1) is 0 Å². The van der Waals surface area contributed by atoms with Gasteiger partial charge in [0.05, 0.1) is 17.0 Å². The van der Waals surface area contributed by atoms with Crippen LogP contribution in [0.3, 0.4) is 0 Å². The SMILES string of the molecule is CC(=O)N(CC(C)C(=O)O)c1cc(C(=O)O)cc(C(=O)O)c1. The third-order valence-corrected chi connectivity index (χ3v) is 2.98. The van der Waals surface area contributed by atoms with E-state index in [2.05, 4.69) is 0 Å². The second-order valence-electron chi connectivity index (χ2n) is 4.75. The minimum absolute atomic E-state index is 0.0258. The lowest BCUT2D eigenvalue weighted by atomic mass is 10.1. The summed E-state index contributed by atoms with van der Waals surface area (Å²) in [4.78, 5) is 45.8. The lowest BCUT2D eigenvalue weighted by molar-refractivity contribution is -0.140. The molecule has 0 aliphatic heterocycles. The Bertz CT molecular complexity index is 606. The van der Waals surface area contributed by atoms with E-state index in [1.165, 1.54) is 13.8 Å². The van der Waals surface area contributed by atoms with Gasteiger partial charge in [0.15, 0.2) is 0 Å². The number of anilines is 1. The first-order valence-corrected chi connectivity index (χ1v) is 6.26. The lowest BCUT2D eigenvalue weighted by Gasteiger charge is -2.24. The molecule has 8 nitrogen and oxygen atoms in total. The molecular formula is C14H15NO7. The van der Waals surface area contributed by atoms with Gasteiger partial charge in [-0.1, -0.05) is 6.92 Å². The predicted molar refractivity (Wildman–Crippen MR) is 75.2 cm³/mol. The normalized spacial score (nSPS) is 11.5. The molecule has 0 spiro atoms. The highest BCUT2D eigenvalue weighted by molar-refractivity contribution is 5.99. The summed E-state index contributed by atoms with van der Waals surface area (Å²) >= 11 is 0. The average Bonchev–Trinajstić information content (AvgIpc) is 2.43. The van der Waals surface area contributed by atoms with E-state index in [1.54, 1.807) is 0 Å². The highest BCUT2D eigenvalue weighted by Gasteiger charge is 2.22. The number of hydrogen-bond acceptors (Lipinski definition) is 4. The number of carbonyl (C=O) groups excluding carboxylic acids is 1. The van der Waals surface area contributed by atoms with E-state index in [-0.39, 0.29) is 23.4 Å². The first-order chi connectivity index (χ1) is 10.1. The van der Waals surface area contributed by atoms with Gasteiger partial charge < -0.3 is 20.2 Å². The largest absolute Gasteiger partial charge is 0.481 e. The van der Waals surface area contributed by atoms with Crippen molar-refractivity contribution in [2.75, 3.05) is 11.4 Å². The summed E-state index contributed by atoms with van der Waals surface area (Å²) in [5, 5.41) is 27.0. The quantitative estimate of drug-likeness (QED) is 0.718. The molecule has 0 aliphatic rings. The molecule has 22 heavy (non-hydrogen) atoms. The van der Waals surface area contributed by atoms with Crippen LogP contribution in [-0.2, 0) is 9.59 Å². The van der Waals surface area contributed by atoms with E-state index >= 15 is 0 Å². The highest BCUT2D eigenvalue weighted by atomic mass is 16.4. The zero-order chi connectivity index (χ0) is 17.0. The summed E-state index contributed by atoms with van der Waals surface area (Å²) in [6.07, 6.45) is 0. The summed E-state index contributed by atoms with van der Waals surface area (Å²) in [5.41, 5.74) is -0.578. The Hall–Kier alpha value is -2.90. The van der Waals surface area contributed by atoms with Crippen molar-refractivity contribution in [2.24, 2.45) is 5.92 Å². The van der Waals surface area contributed by atoms with Crippen molar-refractivity contribution in [2.45, 2.75) is 13.8 Å². The molecule has 1 atom stereocenters. The third kappa shape index (κ3) is 4.05. The van der Waals surface area contributed by atoms with Crippen molar-refractivity contribution >= 4 is 29.5 Å². The Morgan fingerprint density at radius 3 is 1.77 bits per heavy atom. The molecule has 0 saturated carbocycles. The molecule has 1 aromatic rings. The van der Waals surface area contributed by atoms with E-state index in [0.717, 1.165) is 23.1 Å². The Kier molecular flexibility index (Phi) is 5.23. The number of aliphatic carboxylic acids is 1. The average molecular weight is 309 g/mol. The number of benzene rings is 1. The van der Waals surface area contributed by atoms with Gasteiger partial charge in [0.25, 0.3) is 0 Å². The molecule has 118 valence electrons. The third-order valence-electron chi connectivity index (χ3n) is 2.98. The molecule has 0 aromatic heterocycles. The van der Waals surface area contributed by atoms with Crippen LogP contribution in [0.4, 0.5) is 5.69 Å². The van der Waals surface area contributed by atoms with Crippen LogP contribution in [0.15, 0.2) is 18.2 Å². The Labute approximate surface area is 125 Å². The van der Waals surface area contributed by atoms with Gasteiger partial charge in [-0.2, -0.15) is 0 Å². The van der Waals surface area contributed by atoms with Crippen LogP contribution in [0, 0.1) is 5.92 Å². The van der Waals surface area contributed by atoms with Crippen LogP contribution in [0.5, 0.6) is 0 Å². The summed E-state index contributed by atoms with van der Waals surface area (Å²) in [6.45, 7) is 2.37. The van der Waals surface area contributed by atoms with E-state index in [9.17, 15) is 19.2 Å². The fraction of sp³-hybridized carbons (Fsp3) is 0.286. The fourth-order valence-corrected chi connectivity index (χ4v) is 1.78. The van der Waals surface area contributed by atoms with Crippen LogP contribution in [-0.4, -0.2) is 45.7 Å². The maximum Gasteiger partial charge on any atom is 0.335 e. The number of nitrogens with zero attached hydrogens (tertiary/aromatic N) is 1. The molecule has 0 saturated heterocycles. The first-order valence-electron chi connectivity index (χ1n) is 6.26. The van der Waals surface area contributed by atoms with E-state index in [0.29, 0.717) is 0 Å². The van der Waals surface area contributed by atoms with Crippen molar-refractivity contribution in [1.82, 2.24) is 0 Å².